The van der Waals surface area contributed by atoms with Crippen LogP contribution < -0.4 is 10.6 Å². The zero-order chi connectivity index (χ0) is 19.6. The number of alkyl halides is 3. The predicted molar refractivity (Wildman–Crippen MR) is 115 cm³/mol. The zero-order valence-corrected chi connectivity index (χ0v) is 18.7. The summed E-state index contributed by atoms with van der Waals surface area (Å²) in [6, 6.07) is 9.10. The van der Waals surface area contributed by atoms with Gasteiger partial charge in [-0.25, -0.2) is 0 Å². The molecule has 1 aliphatic carbocycles. The molecule has 3 rings (SSSR count). The molecule has 1 aromatic heterocycles. The molecule has 1 amide bonds. The van der Waals surface area contributed by atoms with Crippen molar-refractivity contribution in [3.63, 3.8) is 0 Å². The fraction of sp³-hybridized carbons (Fsp3) is 0.333. The Balaban J connectivity index is 1.84. The van der Waals surface area contributed by atoms with Gasteiger partial charge in [0.05, 0.1) is 5.56 Å². The van der Waals surface area contributed by atoms with Crippen LogP contribution in [0.1, 0.15) is 39.2 Å². The highest BCUT2D eigenvalue weighted by molar-refractivity contribution is 9.10. The van der Waals surface area contributed by atoms with E-state index < -0.39 is 9.96 Å². The number of thiophene rings is 1. The van der Waals surface area contributed by atoms with Gasteiger partial charge >= 0.3 is 0 Å². The molecule has 142 valence electrons. The number of carbonyl (C=O) groups excluding carboxylic acids is 1. The fourth-order valence-electron chi connectivity index (χ4n) is 2.93. The quantitative estimate of drug-likeness (QED) is 0.406. The average molecular weight is 508 g/mol. The number of nitrogens with one attached hydrogen (secondary N) is 2. The van der Waals surface area contributed by atoms with Crippen LogP contribution in [0.2, 0.25) is 0 Å². The number of hydrogen-bond acceptors (Lipinski definition) is 4. The number of nitrogens with zero attached hydrogens (tertiary/aromatic N) is 1. The Morgan fingerprint density at radius 2 is 1.89 bits per heavy atom. The Bertz CT molecular complexity index is 887. The van der Waals surface area contributed by atoms with Crippen LogP contribution in [-0.2, 0) is 12.8 Å². The molecule has 2 aromatic rings. The Kier molecular flexibility index (Phi) is 6.60. The lowest BCUT2D eigenvalue weighted by Crippen LogP contribution is -2.49. The van der Waals surface area contributed by atoms with E-state index in [9.17, 15) is 10.1 Å². The lowest BCUT2D eigenvalue weighted by atomic mass is 9.96. The Morgan fingerprint density at radius 1 is 1.22 bits per heavy atom. The number of nitriles is 1. The molecule has 0 bridgehead atoms. The molecular weight excluding hydrogens is 493 g/mol. The predicted octanol–water partition coefficient (Wildman–Crippen LogP) is 5.80. The molecule has 0 spiro atoms. The van der Waals surface area contributed by atoms with Crippen LogP contribution in [0.3, 0.4) is 0 Å². The van der Waals surface area contributed by atoms with Crippen LogP contribution in [0.25, 0.3) is 0 Å². The van der Waals surface area contributed by atoms with Gasteiger partial charge in [-0.2, -0.15) is 5.26 Å². The standard InChI is InChI=1S/C18H15BrCl3N3OS/c19-11-7-5-10(6-8-11)15(26)24-17(18(20,21)22)25-16-13(9-23)12-3-1-2-4-14(12)27-16/h5-8,17,25H,1-4H2,(H,24,26)/t17-/m0/s1. The van der Waals surface area contributed by atoms with Crippen molar-refractivity contribution in [3.05, 3.63) is 50.3 Å². The number of anilines is 1. The molecule has 1 aliphatic rings. The number of aryl methyl sites for hydroxylation is 1. The van der Waals surface area contributed by atoms with E-state index in [1.165, 1.54) is 16.2 Å². The van der Waals surface area contributed by atoms with Crippen molar-refractivity contribution in [1.29, 1.82) is 5.26 Å². The van der Waals surface area contributed by atoms with Crippen LogP contribution in [-0.4, -0.2) is 15.9 Å². The second-order valence-electron chi connectivity index (χ2n) is 6.13. The molecular formula is C18H15BrCl3N3OS. The minimum absolute atomic E-state index is 0.383. The Hall–Kier alpha value is -0.970. The molecule has 4 nitrogen and oxygen atoms in total. The second-order valence-corrected chi connectivity index (χ2v) is 10.5. The molecule has 0 unspecified atom stereocenters. The first-order valence-corrected chi connectivity index (χ1v) is 11.0. The number of hydrogen-bond donors (Lipinski definition) is 2. The maximum absolute atomic E-state index is 12.5. The molecule has 2 N–H and O–H groups in total. The summed E-state index contributed by atoms with van der Waals surface area (Å²) in [6.45, 7) is 0. The van der Waals surface area contributed by atoms with Gasteiger partial charge in [-0.15, -0.1) is 11.3 Å². The first-order chi connectivity index (χ1) is 12.8. The lowest BCUT2D eigenvalue weighted by Gasteiger charge is -2.27. The number of benzene rings is 1. The summed E-state index contributed by atoms with van der Waals surface area (Å²) in [4.78, 5) is 13.7. The maximum Gasteiger partial charge on any atom is 0.252 e. The third kappa shape index (κ3) is 4.90. The SMILES string of the molecule is N#Cc1c(N[C@H](NC(=O)c2ccc(Br)cc2)C(Cl)(Cl)Cl)sc2c1CCCC2. The van der Waals surface area contributed by atoms with Crippen molar-refractivity contribution in [1.82, 2.24) is 5.32 Å². The molecule has 27 heavy (non-hydrogen) atoms. The lowest BCUT2D eigenvalue weighted by molar-refractivity contribution is 0.0942. The van der Waals surface area contributed by atoms with Crippen LogP contribution in [0.4, 0.5) is 5.00 Å². The van der Waals surface area contributed by atoms with Crippen LogP contribution >= 0.6 is 62.1 Å². The van der Waals surface area contributed by atoms with E-state index in [4.69, 9.17) is 34.8 Å². The highest BCUT2D eigenvalue weighted by atomic mass is 79.9. The van der Waals surface area contributed by atoms with Crippen LogP contribution in [0, 0.1) is 11.3 Å². The Morgan fingerprint density at radius 3 is 2.52 bits per heavy atom. The van der Waals surface area contributed by atoms with E-state index in [0.717, 1.165) is 35.7 Å². The van der Waals surface area contributed by atoms with E-state index in [0.29, 0.717) is 16.1 Å². The van der Waals surface area contributed by atoms with Gasteiger partial charge in [0.2, 0.25) is 3.79 Å². The molecule has 1 aromatic carbocycles. The topological polar surface area (TPSA) is 64.9 Å². The number of halogens is 4. The highest BCUT2D eigenvalue weighted by Crippen LogP contribution is 2.40. The number of carbonyl (C=O) groups is 1. The molecule has 1 atom stereocenters. The number of amides is 1. The fourth-order valence-corrected chi connectivity index (χ4v) is 4.79. The van der Waals surface area contributed by atoms with Gasteiger partial charge < -0.3 is 10.6 Å². The van der Waals surface area contributed by atoms with Gasteiger partial charge in [-0.05, 0) is 55.5 Å². The maximum atomic E-state index is 12.5. The molecule has 1 heterocycles. The van der Waals surface area contributed by atoms with Crippen molar-refractivity contribution in [2.75, 3.05) is 5.32 Å². The molecule has 0 radical (unpaired) electrons. The van der Waals surface area contributed by atoms with E-state index in [2.05, 4.69) is 32.6 Å². The van der Waals surface area contributed by atoms with Crippen molar-refractivity contribution in [3.8, 4) is 6.07 Å². The van der Waals surface area contributed by atoms with Gasteiger partial charge in [-0.3, -0.25) is 4.79 Å². The third-order valence-corrected chi connectivity index (χ3v) is 6.67. The first kappa shape index (κ1) is 20.8. The number of fused-ring (bicyclic) bond motifs is 1. The third-order valence-electron chi connectivity index (χ3n) is 4.27. The number of rotatable bonds is 4. The van der Waals surface area contributed by atoms with E-state index in [1.54, 1.807) is 24.3 Å². The van der Waals surface area contributed by atoms with Gasteiger partial charge in [0, 0.05) is 14.9 Å². The highest BCUT2D eigenvalue weighted by Gasteiger charge is 2.36. The minimum Gasteiger partial charge on any atom is -0.352 e. The Labute approximate surface area is 184 Å². The molecule has 9 heteroatoms. The van der Waals surface area contributed by atoms with Gasteiger partial charge in [-0.1, -0.05) is 50.7 Å². The van der Waals surface area contributed by atoms with E-state index in [1.807, 2.05) is 0 Å². The van der Waals surface area contributed by atoms with Gasteiger partial charge in [0.25, 0.3) is 5.91 Å². The molecule has 0 saturated carbocycles. The van der Waals surface area contributed by atoms with Gasteiger partial charge in [0.15, 0.2) is 0 Å². The minimum atomic E-state index is -1.80. The summed E-state index contributed by atoms with van der Waals surface area (Å²) in [5, 5.41) is 16.0. The van der Waals surface area contributed by atoms with E-state index in [-0.39, 0.29) is 5.91 Å². The normalized spacial score (nSPS) is 14.8. The van der Waals surface area contributed by atoms with Crippen molar-refractivity contribution >= 4 is 73.0 Å². The first-order valence-electron chi connectivity index (χ1n) is 8.24. The molecule has 0 saturated heterocycles. The van der Waals surface area contributed by atoms with Crippen molar-refractivity contribution in [2.45, 2.75) is 35.6 Å². The smallest absolute Gasteiger partial charge is 0.252 e. The molecule has 0 aliphatic heterocycles. The summed E-state index contributed by atoms with van der Waals surface area (Å²) in [5.41, 5.74) is 2.08. The van der Waals surface area contributed by atoms with Crippen LogP contribution in [0.15, 0.2) is 28.7 Å². The monoisotopic (exact) mass is 505 g/mol. The van der Waals surface area contributed by atoms with Gasteiger partial charge in [0.1, 0.15) is 17.2 Å². The summed E-state index contributed by atoms with van der Waals surface area (Å²) >= 11 is 23.1. The molecule has 0 fully saturated rings. The summed E-state index contributed by atoms with van der Waals surface area (Å²) < 4.78 is -0.944. The van der Waals surface area contributed by atoms with Crippen molar-refractivity contribution < 1.29 is 4.79 Å². The summed E-state index contributed by atoms with van der Waals surface area (Å²) in [6.07, 6.45) is 2.99. The second kappa shape index (κ2) is 8.59. The largest absolute Gasteiger partial charge is 0.352 e. The van der Waals surface area contributed by atoms with Crippen LogP contribution in [0.5, 0.6) is 0 Å². The zero-order valence-electron chi connectivity index (χ0n) is 14.0. The summed E-state index contributed by atoms with van der Waals surface area (Å²) in [7, 11) is 0. The summed E-state index contributed by atoms with van der Waals surface area (Å²) in [5.74, 6) is -0.383. The van der Waals surface area contributed by atoms with Crippen molar-refractivity contribution in [2.24, 2.45) is 0 Å². The van der Waals surface area contributed by atoms with E-state index >= 15 is 0 Å². The average Bonchev–Trinajstić information content (AvgIpc) is 2.98.